The highest BCUT2D eigenvalue weighted by atomic mass is 32.2. The van der Waals surface area contributed by atoms with E-state index >= 15 is 0 Å². The first-order valence-corrected chi connectivity index (χ1v) is 10.5. The number of hydrogen-bond acceptors (Lipinski definition) is 6. The number of hydrogen-bond donors (Lipinski definition) is 1. The predicted molar refractivity (Wildman–Crippen MR) is 113 cm³/mol. The molecule has 3 rings (SSSR count). The van der Waals surface area contributed by atoms with Crippen LogP contribution in [-0.4, -0.2) is 32.2 Å². The Labute approximate surface area is 172 Å². The van der Waals surface area contributed by atoms with E-state index in [4.69, 9.17) is 5.26 Å². The maximum Gasteiger partial charge on any atom is 0.234 e. The summed E-state index contributed by atoms with van der Waals surface area (Å²) in [6, 6.07) is 17.7. The van der Waals surface area contributed by atoms with Crippen molar-refractivity contribution in [1.29, 1.82) is 5.26 Å². The molecule has 0 unspecified atom stereocenters. The molecule has 0 aliphatic rings. The van der Waals surface area contributed by atoms with Crippen LogP contribution in [0.4, 0.5) is 5.69 Å². The number of thioether (sulfide) groups is 2. The van der Waals surface area contributed by atoms with Crippen LogP contribution >= 0.6 is 23.5 Å². The van der Waals surface area contributed by atoms with Crippen LogP contribution in [0.5, 0.6) is 0 Å². The average molecular weight is 410 g/mol. The summed E-state index contributed by atoms with van der Waals surface area (Å²) in [5.74, 6) is 1.19. The third-order valence-corrected chi connectivity index (χ3v) is 5.89. The molecule has 0 saturated carbocycles. The number of carbonyl (C=O) groups is 1. The number of nitrogens with one attached hydrogen (secondary N) is 1. The van der Waals surface area contributed by atoms with E-state index in [1.165, 1.54) is 29.1 Å². The van der Waals surface area contributed by atoms with Gasteiger partial charge in [-0.3, -0.25) is 4.79 Å². The largest absolute Gasteiger partial charge is 0.324 e. The van der Waals surface area contributed by atoms with Gasteiger partial charge in [0.1, 0.15) is 0 Å². The van der Waals surface area contributed by atoms with Crippen molar-refractivity contribution in [2.45, 2.75) is 17.0 Å². The Bertz CT molecular complexity index is 1010. The van der Waals surface area contributed by atoms with Gasteiger partial charge in [-0.15, -0.1) is 22.0 Å². The third-order valence-electron chi connectivity index (χ3n) is 3.93. The normalized spacial score (nSPS) is 10.5. The van der Waals surface area contributed by atoms with Crippen LogP contribution in [0, 0.1) is 18.3 Å². The zero-order valence-electron chi connectivity index (χ0n) is 15.5. The lowest BCUT2D eigenvalue weighted by atomic mass is 10.1. The summed E-state index contributed by atoms with van der Waals surface area (Å²) in [4.78, 5) is 13.3. The van der Waals surface area contributed by atoms with Gasteiger partial charge >= 0.3 is 0 Å². The second-order valence-electron chi connectivity index (χ2n) is 6.01. The Balaban J connectivity index is 1.63. The Morgan fingerprint density at radius 2 is 1.89 bits per heavy atom. The number of carbonyl (C=O) groups excluding carboxylic acids is 1. The van der Waals surface area contributed by atoms with E-state index in [9.17, 15) is 4.79 Å². The topological polar surface area (TPSA) is 83.6 Å². The molecule has 2 aromatic carbocycles. The van der Waals surface area contributed by atoms with Gasteiger partial charge in [0.15, 0.2) is 11.0 Å². The van der Waals surface area contributed by atoms with E-state index in [2.05, 4.69) is 21.6 Å². The number of amides is 1. The first kappa shape index (κ1) is 20.0. The van der Waals surface area contributed by atoms with E-state index in [-0.39, 0.29) is 11.7 Å². The minimum absolute atomic E-state index is 0.130. The molecule has 0 saturated heterocycles. The summed E-state index contributed by atoms with van der Waals surface area (Å²) in [7, 11) is 1.89. The first-order chi connectivity index (χ1) is 13.6. The van der Waals surface area contributed by atoms with E-state index in [1.54, 1.807) is 0 Å². The molecule has 8 heteroatoms. The van der Waals surface area contributed by atoms with Crippen LogP contribution in [0.2, 0.25) is 0 Å². The van der Waals surface area contributed by atoms with Gasteiger partial charge in [0.25, 0.3) is 0 Å². The van der Waals surface area contributed by atoms with Gasteiger partial charge in [-0.1, -0.05) is 53.7 Å². The van der Waals surface area contributed by atoms with Crippen molar-refractivity contribution in [3.05, 3.63) is 54.1 Å². The van der Waals surface area contributed by atoms with Crippen molar-refractivity contribution >= 4 is 35.1 Å². The fourth-order valence-electron chi connectivity index (χ4n) is 2.52. The van der Waals surface area contributed by atoms with Gasteiger partial charge in [-0.25, -0.2) is 0 Å². The zero-order valence-corrected chi connectivity index (χ0v) is 17.2. The molecule has 0 aliphatic carbocycles. The van der Waals surface area contributed by atoms with E-state index in [1.807, 2.05) is 67.1 Å². The molecule has 1 N–H and O–H groups in total. The molecule has 0 spiro atoms. The standard InChI is InChI=1S/C20H19N5OS2/c1-14-7-9-15(10-8-14)19-23-24-20(25(19)2)28-13-18(26)22-16-5-3-4-6-17(16)27-12-11-21/h3-10H,12-13H2,1-2H3,(H,22,26). The number of nitrogens with zero attached hydrogens (tertiary/aromatic N) is 4. The van der Waals surface area contributed by atoms with Crippen molar-refractivity contribution in [2.75, 3.05) is 16.8 Å². The van der Waals surface area contributed by atoms with Crippen molar-refractivity contribution < 1.29 is 4.79 Å². The average Bonchev–Trinajstić information content (AvgIpc) is 3.07. The number of para-hydroxylation sites is 1. The van der Waals surface area contributed by atoms with Crippen LogP contribution < -0.4 is 5.32 Å². The molecular weight excluding hydrogens is 390 g/mol. The Kier molecular flexibility index (Phi) is 6.74. The zero-order chi connectivity index (χ0) is 19.9. The highest BCUT2D eigenvalue weighted by Crippen LogP contribution is 2.27. The predicted octanol–water partition coefficient (Wildman–Crippen LogP) is 4.14. The summed E-state index contributed by atoms with van der Waals surface area (Å²) in [6.45, 7) is 2.04. The van der Waals surface area contributed by atoms with Gasteiger partial charge in [0.2, 0.25) is 5.91 Å². The Hall–Kier alpha value is -2.76. The lowest BCUT2D eigenvalue weighted by Crippen LogP contribution is -2.15. The molecule has 142 valence electrons. The summed E-state index contributed by atoms with van der Waals surface area (Å²) in [6.07, 6.45) is 0. The van der Waals surface area contributed by atoms with E-state index in [0.717, 1.165) is 16.3 Å². The quantitative estimate of drug-likeness (QED) is 0.591. The van der Waals surface area contributed by atoms with Crippen molar-refractivity contribution in [3.63, 3.8) is 0 Å². The molecule has 0 bridgehead atoms. The molecule has 1 aromatic heterocycles. The van der Waals surface area contributed by atoms with Crippen molar-refractivity contribution in [2.24, 2.45) is 7.05 Å². The fraction of sp³-hybridized carbons (Fsp3) is 0.200. The maximum absolute atomic E-state index is 12.4. The van der Waals surface area contributed by atoms with E-state index in [0.29, 0.717) is 16.6 Å². The molecular formula is C20H19N5OS2. The van der Waals surface area contributed by atoms with Crippen LogP contribution in [0.15, 0.2) is 58.6 Å². The number of nitriles is 1. The van der Waals surface area contributed by atoms with Crippen molar-refractivity contribution in [3.8, 4) is 17.5 Å². The molecule has 1 amide bonds. The first-order valence-electron chi connectivity index (χ1n) is 8.56. The highest BCUT2D eigenvalue weighted by Gasteiger charge is 2.14. The van der Waals surface area contributed by atoms with Gasteiger partial charge < -0.3 is 9.88 Å². The molecule has 28 heavy (non-hydrogen) atoms. The maximum atomic E-state index is 12.4. The number of aromatic nitrogens is 3. The SMILES string of the molecule is Cc1ccc(-c2nnc(SCC(=O)Nc3ccccc3SCC#N)n2C)cc1. The summed E-state index contributed by atoms with van der Waals surface area (Å²) < 4.78 is 1.89. The van der Waals surface area contributed by atoms with Gasteiger partial charge in [0, 0.05) is 17.5 Å². The lowest BCUT2D eigenvalue weighted by molar-refractivity contribution is -0.113. The summed E-state index contributed by atoms with van der Waals surface area (Å²) in [5.41, 5.74) is 2.89. The summed E-state index contributed by atoms with van der Waals surface area (Å²) in [5, 5.41) is 20.8. The second kappa shape index (κ2) is 9.44. The number of anilines is 1. The van der Waals surface area contributed by atoms with Gasteiger partial charge in [-0.2, -0.15) is 5.26 Å². The Morgan fingerprint density at radius 3 is 2.64 bits per heavy atom. The number of benzene rings is 2. The monoisotopic (exact) mass is 409 g/mol. The number of rotatable bonds is 7. The fourth-order valence-corrected chi connectivity index (χ4v) is 3.90. The van der Waals surface area contributed by atoms with Gasteiger partial charge in [-0.05, 0) is 19.1 Å². The lowest BCUT2D eigenvalue weighted by Gasteiger charge is -2.09. The number of aryl methyl sites for hydroxylation is 1. The molecule has 3 aromatic rings. The highest BCUT2D eigenvalue weighted by molar-refractivity contribution is 8.00. The Morgan fingerprint density at radius 1 is 1.14 bits per heavy atom. The molecule has 0 fully saturated rings. The van der Waals surface area contributed by atoms with Crippen LogP contribution in [-0.2, 0) is 11.8 Å². The van der Waals surface area contributed by atoms with Crippen LogP contribution in [0.25, 0.3) is 11.4 Å². The molecule has 6 nitrogen and oxygen atoms in total. The van der Waals surface area contributed by atoms with Crippen LogP contribution in [0.1, 0.15) is 5.56 Å². The summed E-state index contributed by atoms with van der Waals surface area (Å²) >= 11 is 2.73. The second-order valence-corrected chi connectivity index (χ2v) is 7.97. The van der Waals surface area contributed by atoms with Crippen LogP contribution in [0.3, 0.4) is 0 Å². The minimum Gasteiger partial charge on any atom is -0.324 e. The third kappa shape index (κ3) is 4.94. The molecule has 0 aliphatic heterocycles. The minimum atomic E-state index is -0.130. The van der Waals surface area contributed by atoms with E-state index < -0.39 is 0 Å². The molecule has 0 radical (unpaired) electrons. The van der Waals surface area contributed by atoms with Crippen molar-refractivity contribution in [1.82, 2.24) is 14.8 Å². The molecule has 0 atom stereocenters. The molecule has 1 heterocycles. The smallest absolute Gasteiger partial charge is 0.234 e. The van der Waals surface area contributed by atoms with Gasteiger partial charge in [0.05, 0.1) is 23.3 Å².